The molecule has 1 fully saturated rings. The first-order chi connectivity index (χ1) is 21.7. The van der Waals surface area contributed by atoms with Gasteiger partial charge in [0.05, 0.1) is 53.1 Å². The zero-order chi connectivity index (χ0) is 31.7. The molecule has 0 aliphatic carbocycles. The number of nitrogens with one attached hydrogen (secondary N) is 2. The summed E-state index contributed by atoms with van der Waals surface area (Å²) in [4.78, 5) is 29.4. The fourth-order valence-electron chi connectivity index (χ4n) is 5.81. The van der Waals surface area contributed by atoms with Crippen LogP contribution < -0.4 is 15.4 Å². The van der Waals surface area contributed by atoms with Crippen LogP contribution >= 0.6 is 23.2 Å². The molecule has 2 aliphatic heterocycles. The van der Waals surface area contributed by atoms with Gasteiger partial charge in [0.15, 0.2) is 5.82 Å². The lowest BCUT2D eigenvalue weighted by atomic mass is 10.0. The maximum atomic E-state index is 13.3. The minimum absolute atomic E-state index is 0.0996. The Morgan fingerprint density at radius 2 is 1.87 bits per heavy atom. The van der Waals surface area contributed by atoms with Gasteiger partial charge in [-0.25, -0.2) is 9.97 Å². The summed E-state index contributed by atoms with van der Waals surface area (Å²) >= 11 is 13.9. The molecular weight excluding hydrogens is 617 g/mol. The number of amides is 1. The van der Waals surface area contributed by atoms with Crippen molar-refractivity contribution in [2.75, 3.05) is 39.2 Å². The van der Waals surface area contributed by atoms with Crippen LogP contribution in [0.5, 0.6) is 5.88 Å². The van der Waals surface area contributed by atoms with E-state index in [1.165, 1.54) is 7.11 Å². The number of imidazole rings is 1. The van der Waals surface area contributed by atoms with Crippen LogP contribution in [0, 0.1) is 0 Å². The first-order valence-corrected chi connectivity index (χ1v) is 15.5. The second-order valence-electron chi connectivity index (χ2n) is 11.3. The fraction of sp³-hybridized carbons (Fsp3) is 0.375. The normalized spacial score (nSPS) is 18.4. The highest BCUT2D eigenvalue weighted by Crippen LogP contribution is 2.41. The third kappa shape index (κ3) is 6.42. The van der Waals surface area contributed by atoms with E-state index in [0.717, 1.165) is 24.4 Å². The molecule has 2 aromatic heterocycles. The quantitative estimate of drug-likeness (QED) is 0.255. The molecule has 236 valence electrons. The number of likely N-dealkylation sites (N-methyl/N-ethyl adjacent to an activating group) is 1. The number of anilines is 1. The van der Waals surface area contributed by atoms with Crippen LogP contribution in [-0.2, 0) is 31.3 Å². The number of nitrogens with zero attached hydrogens (tertiary/aromatic N) is 5. The van der Waals surface area contributed by atoms with Crippen molar-refractivity contribution in [3.63, 3.8) is 0 Å². The lowest BCUT2D eigenvalue weighted by Crippen LogP contribution is -2.46. The Hall–Kier alpha value is -3.58. The van der Waals surface area contributed by atoms with Crippen molar-refractivity contribution in [3.8, 4) is 28.3 Å². The number of methoxy groups -OCH3 is 1. The molecule has 2 aromatic carbocycles. The smallest absolute Gasteiger partial charge is 0.291 e. The third-order valence-electron chi connectivity index (χ3n) is 8.32. The Morgan fingerprint density at radius 3 is 2.64 bits per heavy atom. The van der Waals surface area contributed by atoms with Gasteiger partial charge < -0.3 is 34.7 Å². The van der Waals surface area contributed by atoms with Crippen molar-refractivity contribution in [1.29, 1.82) is 0 Å². The number of fused-ring (bicyclic) bond motifs is 1. The van der Waals surface area contributed by atoms with E-state index in [1.54, 1.807) is 12.3 Å². The summed E-state index contributed by atoms with van der Waals surface area (Å²) in [5.41, 5.74) is 5.55. The molecule has 1 saturated heterocycles. The number of rotatable bonds is 8. The summed E-state index contributed by atoms with van der Waals surface area (Å²) in [7, 11) is 5.45. The van der Waals surface area contributed by atoms with Gasteiger partial charge in [0.2, 0.25) is 5.88 Å². The summed E-state index contributed by atoms with van der Waals surface area (Å²) in [6, 6.07) is 10.9. The summed E-state index contributed by atoms with van der Waals surface area (Å²) in [5, 5.41) is 17.2. The second-order valence-corrected chi connectivity index (χ2v) is 12.0. The average molecular weight is 653 g/mol. The van der Waals surface area contributed by atoms with Gasteiger partial charge in [-0.15, -0.1) is 0 Å². The van der Waals surface area contributed by atoms with E-state index >= 15 is 0 Å². The molecule has 13 heteroatoms. The topological polar surface area (TPSA) is 127 Å². The van der Waals surface area contributed by atoms with E-state index in [4.69, 9.17) is 37.7 Å². The van der Waals surface area contributed by atoms with E-state index in [9.17, 15) is 9.90 Å². The minimum atomic E-state index is -0.584. The van der Waals surface area contributed by atoms with Gasteiger partial charge >= 0.3 is 0 Å². The number of carbonyl (C=O) groups is 1. The summed E-state index contributed by atoms with van der Waals surface area (Å²) < 4.78 is 12.7. The Morgan fingerprint density at radius 1 is 1.11 bits per heavy atom. The highest BCUT2D eigenvalue weighted by atomic mass is 35.5. The first kappa shape index (κ1) is 31.4. The molecule has 4 heterocycles. The largest absolute Gasteiger partial charge is 0.480 e. The van der Waals surface area contributed by atoms with Crippen molar-refractivity contribution < 1.29 is 19.4 Å². The molecule has 0 unspecified atom stereocenters. The van der Waals surface area contributed by atoms with Crippen LogP contribution in [0.2, 0.25) is 10.0 Å². The van der Waals surface area contributed by atoms with Gasteiger partial charge in [0.25, 0.3) is 5.91 Å². The predicted octanol–water partition coefficient (Wildman–Crippen LogP) is 4.34. The molecule has 4 aromatic rings. The Bertz CT molecular complexity index is 1730. The summed E-state index contributed by atoms with van der Waals surface area (Å²) in [5.74, 6) is 0.358. The van der Waals surface area contributed by atoms with Crippen molar-refractivity contribution in [3.05, 3.63) is 75.5 Å². The standard InChI is InChI=1S/C32H35Cl2N7O4/c1-40-12-10-26-25(16-40)37-30(41(26)2)31(43)38-22-9-5-7-19(29(22)34)18-6-4-8-20(28(18)33)23-14-36-24(32(39-23)44-3)15-35-21-11-13-45-17-27(21)42/h4-9,14,21,27,35,42H,10-13,15-17H2,1-3H3,(H,38,43)/t21-,27-/m0/s1. The fourth-order valence-corrected chi connectivity index (χ4v) is 6.41. The van der Waals surface area contributed by atoms with Gasteiger partial charge in [-0.1, -0.05) is 53.5 Å². The molecule has 2 aliphatic rings. The minimum Gasteiger partial charge on any atom is -0.480 e. The highest BCUT2D eigenvalue weighted by molar-refractivity contribution is 6.39. The van der Waals surface area contributed by atoms with Crippen LogP contribution in [-0.4, -0.2) is 81.5 Å². The van der Waals surface area contributed by atoms with Crippen LogP contribution in [0.3, 0.4) is 0 Å². The van der Waals surface area contributed by atoms with Crippen LogP contribution in [0.25, 0.3) is 22.4 Å². The Kier molecular flexibility index (Phi) is 9.36. The molecular formula is C32H35Cl2N7O4. The maximum absolute atomic E-state index is 13.3. The van der Waals surface area contributed by atoms with Gasteiger partial charge in [0.1, 0.15) is 5.69 Å². The molecule has 0 bridgehead atoms. The second kappa shape index (κ2) is 13.4. The number of halogens is 2. The SMILES string of the molecule is COc1nc(-c2cccc(-c3cccc(NC(=O)c4nc5c(n4C)CCN(C)C5)c3Cl)c2Cl)cnc1CN[C@H]1CCOC[C@@H]1O. The molecule has 2 atom stereocenters. The van der Waals surface area contributed by atoms with Crippen molar-refractivity contribution in [2.45, 2.75) is 38.1 Å². The van der Waals surface area contributed by atoms with E-state index in [0.29, 0.717) is 88.2 Å². The molecule has 45 heavy (non-hydrogen) atoms. The monoisotopic (exact) mass is 651 g/mol. The number of ether oxygens (including phenoxy) is 2. The number of aromatic nitrogens is 4. The van der Waals surface area contributed by atoms with Crippen molar-refractivity contribution >= 4 is 34.8 Å². The molecule has 0 radical (unpaired) electrons. The average Bonchev–Trinajstić information content (AvgIpc) is 3.37. The zero-order valence-corrected chi connectivity index (χ0v) is 26.8. The number of carbonyl (C=O) groups excluding carboxylic acids is 1. The van der Waals surface area contributed by atoms with E-state index in [1.807, 2.05) is 49.0 Å². The molecule has 3 N–H and O–H groups in total. The number of hydrogen-bond acceptors (Lipinski definition) is 9. The van der Waals surface area contributed by atoms with E-state index in [-0.39, 0.29) is 11.9 Å². The van der Waals surface area contributed by atoms with Gasteiger partial charge in [-0.2, -0.15) is 0 Å². The number of aliphatic hydroxyl groups is 1. The van der Waals surface area contributed by atoms with Gasteiger partial charge in [-0.3, -0.25) is 9.78 Å². The Labute approximate surface area is 271 Å². The zero-order valence-electron chi connectivity index (χ0n) is 25.3. The van der Waals surface area contributed by atoms with Crippen molar-refractivity contribution in [2.24, 2.45) is 7.05 Å². The Balaban J connectivity index is 1.24. The maximum Gasteiger partial charge on any atom is 0.291 e. The molecule has 0 saturated carbocycles. The molecule has 1 amide bonds. The van der Waals surface area contributed by atoms with Crippen LogP contribution in [0.1, 0.15) is 34.1 Å². The van der Waals surface area contributed by atoms with Gasteiger partial charge in [0, 0.05) is 68.1 Å². The highest BCUT2D eigenvalue weighted by Gasteiger charge is 2.26. The first-order valence-electron chi connectivity index (χ1n) is 14.8. The summed E-state index contributed by atoms with van der Waals surface area (Å²) in [6.07, 6.45) is 2.60. The molecule has 0 spiro atoms. The van der Waals surface area contributed by atoms with Crippen molar-refractivity contribution in [1.82, 2.24) is 29.7 Å². The molecule has 6 rings (SSSR count). The lowest BCUT2D eigenvalue weighted by Gasteiger charge is -2.28. The van der Waals surface area contributed by atoms with Gasteiger partial charge in [-0.05, 0) is 19.5 Å². The predicted molar refractivity (Wildman–Crippen MR) is 173 cm³/mol. The van der Waals surface area contributed by atoms with E-state index in [2.05, 4.69) is 25.5 Å². The van der Waals surface area contributed by atoms with E-state index < -0.39 is 6.10 Å². The van der Waals surface area contributed by atoms with Crippen LogP contribution in [0.4, 0.5) is 5.69 Å². The third-order valence-corrected chi connectivity index (χ3v) is 9.14. The molecule has 11 nitrogen and oxygen atoms in total. The number of benzene rings is 2. The van der Waals surface area contributed by atoms with Crippen LogP contribution in [0.15, 0.2) is 42.6 Å². The number of aliphatic hydroxyl groups excluding tert-OH is 1. The lowest BCUT2D eigenvalue weighted by molar-refractivity contribution is -0.0281. The summed E-state index contributed by atoms with van der Waals surface area (Å²) in [6.45, 7) is 2.89. The number of hydrogen-bond donors (Lipinski definition) is 3.